The summed E-state index contributed by atoms with van der Waals surface area (Å²) >= 11 is 0. The van der Waals surface area contributed by atoms with Crippen molar-refractivity contribution in [2.45, 2.75) is 12.8 Å². The molecule has 4 rings (SSSR count). The Kier molecular flexibility index (Phi) is 7.83. The molecule has 0 spiro atoms. The Morgan fingerprint density at radius 1 is 0.621 bits per heavy atom. The molecule has 0 amide bonds. The summed E-state index contributed by atoms with van der Waals surface area (Å²) in [7, 11) is 0. The zero-order chi connectivity index (χ0) is 19.9. The topological polar surface area (TPSA) is 100 Å². The predicted octanol–water partition coefficient (Wildman–Crippen LogP) is 3.72. The molecule has 2 aromatic carbocycles. The number of hydrogen-bond acceptors (Lipinski definition) is 4. The number of fused-ring (bicyclic) bond motifs is 2. The number of aliphatic carboxylic acids is 2. The van der Waals surface area contributed by atoms with E-state index in [4.69, 9.17) is 10.2 Å². The number of pyridine rings is 2. The molecule has 0 aliphatic heterocycles. The molecule has 0 bridgehead atoms. The molecule has 0 atom stereocenters. The van der Waals surface area contributed by atoms with Crippen LogP contribution in [0.1, 0.15) is 11.4 Å². The fourth-order valence-electron chi connectivity index (χ4n) is 2.72. The summed E-state index contributed by atoms with van der Waals surface area (Å²) in [6.07, 6.45) is -0.0460. The molecule has 1 radical (unpaired) electrons. The average Bonchev–Trinajstić information content (AvgIpc) is 2.67. The summed E-state index contributed by atoms with van der Waals surface area (Å²) < 4.78 is 0. The summed E-state index contributed by atoms with van der Waals surface area (Å²) in [5.41, 5.74) is 2.87. The van der Waals surface area contributed by atoms with Gasteiger partial charge in [-0.15, -0.1) is 0 Å². The second kappa shape index (κ2) is 10.3. The van der Waals surface area contributed by atoms with Crippen molar-refractivity contribution in [3.63, 3.8) is 0 Å². The minimum Gasteiger partial charge on any atom is -0.481 e. The van der Waals surface area contributed by atoms with Crippen LogP contribution in [0.5, 0.6) is 0 Å². The van der Waals surface area contributed by atoms with E-state index in [-0.39, 0.29) is 29.9 Å². The maximum absolute atomic E-state index is 10.5. The molecular formula is C22H18CuN2O4. The van der Waals surface area contributed by atoms with Crippen LogP contribution in [0.2, 0.25) is 0 Å². The van der Waals surface area contributed by atoms with E-state index >= 15 is 0 Å². The molecule has 7 heteroatoms. The maximum atomic E-state index is 10.5. The van der Waals surface area contributed by atoms with E-state index < -0.39 is 11.9 Å². The van der Waals surface area contributed by atoms with E-state index in [1.54, 1.807) is 12.1 Å². The molecule has 0 aliphatic carbocycles. The zero-order valence-electron chi connectivity index (χ0n) is 15.2. The molecule has 0 saturated heterocycles. The van der Waals surface area contributed by atoms with Crippen molar-refractivity contribution in [3.8, 4) is 0 Å². The first-order valence-corrected chi connectivity index (χ1v) is 8.64. The predicted molar refractivity (Wildman–Crippen MR) is 106 cm³/mol. The van der Waals surface area contributed by atoms with Crippen molar-refractivity contribution in [2.75, 3.05) is 0 Å². The van der Waals surface area contributed by atoms with Gasteiger partial charge in [-0.05, 0) is 24.3 Å². The molecule has 2 N–H and O–H groups in total. The second-order valence-electron chi connectivity index (χ2n) is 6.13. The molecule has 0 saturated carbocycles. The summed E-state index contributed by atoms with van der Waals surface area (Å²) in [5.74, 6) is -1.71. The van der Waals surface area contributed by atoms with Gasteiger partial charge in [0.05, 0.1) is 35.3 Å². The quantitative estimate of drug-likeness (QED) is 0.472. The van der Waals surface area contributed by atoms with E-state index in [9.17, 15) is 9.59 Å². The van der Waals surface area contributed by atoms with Crippen molar-refractivity contribution in [3.05, 3.63) is 84.2 Å². The van der Waals surface area contributed by atoms with E-state index in [0.29, 0.717) is 11.4 Å². The third-order valence-electron chi connectivity index (χ3n) is 3.98. The Labute approximate surface area is 177 Å². The van der Waals surface area contributed by atoms with Gasteiger partial charge in [0.2, 0.25) is 0 Å². The summed E-state index contributed by atoms with van der Waals surface area (Å²) in [5, 5.41) is 19.3. The van der Waals surface area contributed by atoms with Gasteiger partial charge in [0.1, 0.15) is 0 Å². The number of rotatable bonds is 4. The fourth-order valence-corrected chi connectivity index (χ4v) is 2.72. The number of carboxylic acids is 2. The van der Waals surface area contributed by atoms with Gasteiger partial charge in [-0.1, -0.05) is 48.5 Å². The van der Waals surface area contributed by atoms with Gasteiger partial charge in [0.25, 0.3) is 0 Å². The normalized spacial score (nSPS) is 9.93. The molecule has 2 aromatic heterocycles. The third kappa shape index (κ3) is 6.38. The van der Waals surface area contributed by atoms with Crippen LogP contribution in [0, 0.1) is 0 Å². The maximum Gasteiger partial charge on any atom is 0.309 e. The number of carboxylic acid groups (broad SMARTS) is 2. The number of nitrogens with zero attached hydrogens (tertiary/aromatic N) is 2. The smallest absolute Gasteiger partial charge is 0.309 e. The molecule has 4 aromatic rings. The molecule has 6 nitrogen and oxygen atoms in total. The average molecular weight is 438 g/mol. The zero-order valence-corrected chi connectivity index (χ0v) is 16.2. The van der Waals surface area contributed by atoms with Gasteiger partial charge >= 0.3 is 11.9 Å². The Bertz CT molecular complexity index is 1060. The Balaban J connectivity index is 0.000000200. The second-order valence-corrected chi connectivity index (χ2v) is 6.13. The van der Waals surface area contributed by atoms with Crippen LogP contribution in [-0.2, 0) is 39.5 Å². The van der Waals surface area contributed by atoms with E-state index in [1.807, 2.05) is 60.7 Å². The van der Waals surface area contributed by atoms with Gasteiger partial charge in [-0.25, -0.2) is 0 Å². The molecule has 2 heterocycles. The van der Waals surface area contributed by atoms with Crippen molar-refractivity contribution < 1.29 is 36.9 Å². The van der Waals surface area contributed by atoms with Crippen molar-refractivity contribution in [2.24, 2.45) is 0 Å². The van der Waals surface area contributed by atoms with Crippen LogP contribution in [0.4, 0.5) is 0 Å². The third-order valence-corrected chi connectivity index (χ3v) is 3.98. The standard InChI is InChI=1S/2C11H9NO2.Cu/c2*13-11(14)7-9-6-5-8-3-1-2-4-10(8)12-9;/h2*1-6H,7H2,(H,13,14);. The Morgan fingerprint density at radius 2 is 1.00 bits per heavy atom. The Morgan fingerprint density at radius 3 is 1.38 bits per heavy atom. The number of hydrogen-bond donors (Lipinski definition) is 2. The van der Waals surface area contributed by atoms with Gasteiger partial charge in [0, 0.05) is 27.8 Å². The van der Waals surface area contributed by atoms with Crippen LogP contribution in [-0.4, -0.2) is 32.1 Å². The van der Waals surface area contributed by atoms with E-state index in [2.05, 4.69) is 9.97 Å². The minimum absolute atomic E-state index is 0. The Hall–Kier alpha value is -3.28. The molecule has 0 unspecified atom stereocenters. The fraction of sp³-hybridized carbons (Fsp3) is 0.0909. The van der Waals surface area contributed by atoms with Gasteiger partial charge in [0.15, 0.2) is 0 Å². The summed E-state index contributed by atoms with van der Waals surface area (Å²) in [6.45, 7) is 0. The number of aromatic nitrogens is 2. The molecule has 29 heavy (non-hydrogen) atoms. The van der Waals surface area contributed by atoms with Crippen molar-refractivity contribution in [1.82, 2.24) is 9.97 Å². The molecule has 0 fully saturated rings. The molecule has 151 valence electrons. The van der Waals surface area contributed by atoms with E-state index in [1.165, 1.54) is 0 Å². The van der Waals surface area contributed by atoms with Crippen LogP contribution in [0.15, 0.2) is 72.8 Å². The van der Waals surface area contributed by atoms with Crippen LogP contribution < -0.4 is 0 Å². The first kappa shape index (κ1) is 22.0. The van der Waals surface area contributed by atoms with Crippen LogP contribution >= 0.6 is 0 Å². The molecular weight excluding hydrogens is 420 g/mol. The number of carbonyl (C=O) groups is 2. The van der Waals surface area contributed by atoms with Gasteiger partial charge in [-0.3, -0.25) is 19.6 Å². The first-order valence-electron chi connectivity index (χ1n) is 8.64. The monoisotopic (exact) mass is 437 g/mol. The van der Waals surface area contributed by atoms with Crippen molar-refractivity contribution >= 4 is 33.7 Å². The van der Waals surface area contributed by atoms with Crippen molar-refractivity contribution in [1.29, 1.82) is 0 Å². The minimum atomic E-state index is -0.854. The summed E-state index contributed by atoms with van der Waals surface area (Å²) in [6, 6.07) is 22.6. The van der Waals surface area contributed by atoms with Crippen LogP contribution in [0.3, 0.4) is 0 Å². The van der Waals surface area contributed by atoms with Crippen LogP contribution in [0.25, 0.3) is 21.8 Å². The van der Waals surface area contributed by atoms with Gasteiger partial charge < -0.3 is 10.2 Å². The summed E-state index contributed by atoms with van der Waals surface area (Å²) in [4.78, 5) is 29.4. The number of para-hydroxylation sites is 2. The molecule has 0 aliphatic rings. The largest absolute Gasteiger partial charge is 0.481 e. The first-order chi connectivity index (χ1) is 13.5. The van der Waals surface area contributed by atoms with E-state index in [0.717, 1.165) is 21.8 Å². The number of benzene rings is 2. The SMILES string of the molecule is O=C(O)Cc1ccc2ccccc2n1.O=C(O)Cc1ccc2ccccc2n1.[Cu]. The van der Waals surface area contributed by atoms with Gasteiger partial charge in [-0.2, -0.15) is 0 Å².